The monoisotopic (exact) mass is 227 g/mol. The number of ether oxygens (including phenoxy) is 1. The molecule has 0 spiro atoms. The van der Waals surface area contributed by atoms with Crippen LogP contribution < -0.4 is 5.32 Å². The van der Waals surface area contributed by atoms with E-state index in [1.807, 2.05) is 12.1 Å². The summed E-state index contributed by atoms with van der Waals surface area (Å²) in [6.45, 7) is 0.978. The molecule has 1 aromatic carbocycles. The number of benzene rings is 1. The molecule has 1 amide bonds. The smallest absolute Gasteiger partial charge is 0.222 e. The van der Waals surface area contributed by atoms with E-state index in [0.717, 1.165) is 5.56 Å². The molecule has 3 nitrogen and oxygen atoms in total. The topological polar surface area (TPSA) is 38.3 Å². The van der Waals surface area contributed by atoms with Crippen LogP contribution in [0.25, 0.3) is 0 Å². The predicted molar refractivity (Wildman–Crippen MR) is 59.8 cm³/mol. The van der Waals surface area contributed by atoms with Crippen LogP contribution in [0.15, 0.2) is 24.3 Å². The number of hydrogen-bond acceptors (Lipinski definition) is 2. The fourth-order valence-corrected chi connectivity index (χ4v) is 1.21. The first-order valence-corrected chi connectivity index (χ1v) is 5.10. The Morgan fingerprint density at radius 3 is 2.67 bits per heavy atom. The molecule has 1 aromatic rings. The van der Waals surface area contributed by atoms with Crippen LogP contribution in [0.5, 0.6) is 0 Å². The van der Waals surface area contributed by atoms with Gasteiger partial charge >= 0.3 is 0 Å². The highest BCUT2D eigenvalue weighted by molar-refractivity contribution is 6.30. The summed E-state index contributed by atoms with van der Waals surface area (Å²) in [6, 6.07) is 7.38. The summed E-state index contributed by atoms with van der Waals surface area (Å²) in [6.07, 6.45) is 0.393. The summed E-state index contributed by atoms with van der Waals surface area (Å²) in [7, 11) is 1.58. The Morgan fingerprint density at radius 1 is 1.40 bits per heavy atom. The maximum absolute atomic E-state index is 11.2. The average molecular weight is 228 g/mol. The Bertz CT molecular complexity index is 311. The normalized spacial score (nSPS) is 10.0. The van der Waals surface area contributed by atoms with Gasteiger partial charge in [-0.2, -0.15) is 0 Å². The Kier molecular flexibility index (Phi) is 5.15. The number of rotatable bonds is 5. The molecule has 0 aliphatic rings. The minimum atomic E-state index is -0.00759. The third kappa shape index (κ3) is 4.81. The van der Waals surface area contributed by atoms with E-state index in [9.17, 15) is 4.79 Å². The number of carbonyl (C=O) groups is 1. The second kappa shape index (κ2) is 6.43. The second-order valence-electron chi connectivity index (χ2n) is 3.15. The van der Waals surface area contributed by atoms with Crippen LogP contribution in [0.4, 0.5) is 0 Å². The largest absolute Gasteiger partial charge is 0.384 e. The summed E-state index contributed by atoms with van der Waals surface area (Å²) in [5.74, 6) is -0.00759. The summed E-state index contributed by atoms with van der Waals surface area (Å²) in [5.41, 5.74) is 1.03. The fraction of sp³-hybridized carbons (Fsp3) is 0.364. The molecule has 0 saturated heterocycles. The zero-order chi connectivity index (χ0) is 11.1. The van der Waals surface area contributed by atoms with Gasteiger partial charge in [0.1, 0.15) is 0 Å². The van der Waals surface area contributed by atoms with Crippen LogP contribution in [-0.2, 0) is 16.1 Å². The lowest BCUT2D eigenvalue weighted by molar-refractivity contribution is -0.122. The van der Waals surface area contributed by atoms with Gasteiger partial charge in [-0.15, -0.1) is 0 Å². The zero-order valence-electron chi connectivity index (χ0n) is 8.63. The number of nitrogens with one attached hydrogen (secondary N) is 1. The number of halogens is 1. The summed E-state index contributed by atoms with van der Waals surface area (Å²) >= 11 is 5.74. The van der Waals surface area contributed by atoms with Crippen molar-refractivity contribution in [2.75, 3.05) is 13.7 Å². The molecule has 4 heteroatoms. The third-order valence-corrected chi connectivity index (χ3v) is 2.19. The van der Waals surface area contributed by atoms with E-state index < -0.39 is 0 Å². The predicted octanol–water partition coefficient (Wildman–Crippen LogP) is 1.99. The molecule has 1 N–H and O–H groups in total. The maximum atomic E-state index is 11.2. The third-order valence-electron chi connectivity index (χ3n) is 1.94. The van der Waals surface area contributed by atoms with Crippen LogP contribution in [0.1, 0.15) is 12.0 Å². The van der Waals surface area contributed by atoms with E-state index in [4.69, 9.17) is 16.3 Å². The van der Waals surface area contributed by atoms with Crippen molar-refractivity contribution in [1.82, 2.24) is 5.32 Å². The zero-order valence-corrected chi connectivity index (χ0v) is 9.38. The molecule has 0 fully saturated rings. The van der Waals surface area contributed by atoms with Crippen molar-refractivity contribution in [2.45, 2.75) is 13.0 Å². The van der Waals surface area contributed by atoms with Gasteiger partial charge in [0.05, 0.1) is 6.61 Å². The molecule has 1 rings (SSSR count). The van der Waals surface area contributed by atoms with Crippen LogP contribution in [0.2, 0.25) is 5.02 Å². The highest BCUT2D eigenvalue weighted by Gasteiger charge is 2.00. The molecule has 0 radical (unpaired) electrons. The molecule has 0 saturated carbocycles. The minimum absolute atomic E-state index is 0.00759. The Labute approximate surface area is 94.4 Å². The maximum Gasteiger partial charge on any atom is 0.222 e. The molecule has 0 unspecified atom stereocenters. The summed E-state index contributed by atoms with van der Waals surface area (Å²) < 4.78 is 4.80. The number of amides is 1. The van der Waals surface area contributed by atoms with Crippen molar-refractivity contribution in [2.24, 2.45) is 0 Å². The molecule has 0 heterocycles. The van der Waals surface area contributed by atoms with Gasteiger partial charge in [0.25, 0.3) is 0 Å². The first-order valence-electron chi connectivity index (χ1n) is 4.72. The highest BCUT2D eigenvalue weighted by atomic mass is 35.5. The van der Waals surface area contributed by atoms with E-state index in [-0.39, 0.29) is 5.91 Å². The Hall–Kier alpha value is -1.06. The Morgan fingerprint density at radius 2 is 2.07 bits per heavy atom. The van der Waals surface area contributed by atoms with Gasteiger partial charge in [-0.3, -0.25) is 4.79 Å². The van der Waals surface area contributed by atoms with Crippen LogP contribution in [-0.4, -0.2) is 19.6 Å². The van der Waals surface area contributed by atoms with Crippen molar-refractivity contribution in [3.8, 4) is 0 Å². The van der Waals surface area contributed by atoms with Gasteiger partial charge in [-0.25, -0.2) is 0 Å². The second-order valence-corrected chi connectivity index (χ2v) is 3.58. The minimum Gasteiger partial charge on any atom is -0.384 e. The standard InChI is InChI=1S/C11H14ClNO2/c1-15-7-6-11(14)13-8-9-2-4-10(12)5-3-9/h2-5H,6-8H2,1H3,(H,13,14). The van der Waals surface area contributed by atoms with Crippen LogP contribution in [0, 0.1) is 0 Å². The van der Waals surface area contributed by atoms with Gasteiger partial charge in [-0.1, -0.05) is 23.7 Å². The van der Waals surface area contributed by atoms with Crippen molar-refractivity contribution in [3.05, 3.63) is 34.9 Å². The van der Waals surface area contributed by atoms with E-state index in [1.54, 1.807) is 19.2 Å². The van der Waals surface area contributed by atoms with Crippen molar-refractivity contribution >= 4 is 17.5 Å². The van der Waals surface area contributed by atoms with Crippen molar-refractivity contribution < 1.29 is 9.53 Å². The highest BCUT2D eigenvalue weighted by Crippen LogP contribution is 2.08. The van der Waals surface area contributed by atoms with Crippen LogP contribution >= 0.6 is 11.6 Å². The van der Waals surface area contributed by atoms with Gasteiger partial charge in [0.2, 0.25) is 5.91 Å². The number of carbonyl (C=O) groups excluding carboxylic acids is 1. The molecule has 0 atom stereocenters. The Balaban J connectivity index is 2.30. The van der Waals surface area contributed by atoms with Crippen molar-refractivity contribution in [1.29, 1.82) is 0 Å². The number of hydrogen-bond donors (Lipinski definition) is 1. The van der Waals surface area contributed by atoms with Gasteiger partial charge in [0, 0.05) is 25.1 Å². The van der Waals surface area contributed by atoms with Crippen LogP contribution in [0.3, 0.4) is 0 Å². The molecule has 0 aromatic heterocycles. The van der Waals surface area contributed by atoms with E-state index >= 15 is 0 Å². The molecule has 0 bridgehead atoms. The molecular formula is C11H14ClNO2. The van der Waals surface area contributed by atoms with Gasteiger partial charge < -0.3 is 10.1 Å². The lowest BCUT2D eigenvalue weighted by Gasteiger charge is -2.04. The average Bonchev–Trinajstić information content (AvgIpc) is 2.25. The van der Waals surface area contributed by atoms with E-state index in [1.165, 1.54) is 0 Å². The SMILES string of the molecule is COCCC(=O)NCc1ccc(Cl)cc1. The molecule has 0 aliphatic heterocycles. The summed E-state index contributed by atoms with van der Waals surface area (Å²) in [4.78, 5) is 11.2. The molecule has 82 valence electrons. The first-order chi connectivity index (χ1) is 7.22. The van der Waals surface area contributed by atoms with E-state index in [2.05, 4.69) is 5.32 Å². The van der Waals surface area contributed by atoms with Gasteiger partial charge in [0.15, 0.2) is 0 Å². The first kappa shape index (κ1) is 12.0. The molecule has 15 heavy (non-hydrogen) atoms. The lowest BCUT2D eigenvalue weighted by atomic mass is 10.2. The van der Waals surface area contributed by atoms with E-state index in [0.29, 0.717) is 24.6 Å². The summed E-state index contributed by atoms with van der Waals surface area (Å²) in [5, 5.41) is 3.49. The fourth-order valence-electron chi connectivity index (χ4n) is 1.09. The van der Waals surface area contributed by atoms with Gasteiger partial charge in [-0.05, 0) is 17.7 Å². The molecule has 0 aliphatic carbocycles. The van der Waals surface area contributed by atoms with Crippen molar-refractivity contribution in [3.63, 3.8) is 0 Å². The molecular weight excluding hydrogens is 214 g/mol. The number of methoxy groups -OCH3 is 1. The quantitative estimate of drug-likeness (QED) is 0.836. The lowest BCUT2D eigenvalue weighted by Crippen LogP contribution is -2.23.